The number of esters is 1. The molecule has 0 saturated heterocycles. The summed E-state index contributed by atoms with van der Waals surface area (Å²) in [5.41, 5.74) is -0.458. The van der Waals surface area contributed by atoms with Gasteiger partial charge in [-0.2, -0.15) is 18.3 Å². The molecule has 0 fully saturated rings. The summed E-state index contributed by atoms with van der Waals surface area (Å²) in [6.07, 6.45) is -3.50. The van der Waals surface area contributed by atoms with E-state index in [1.165, 1.54) is 0 Å². The second kappa shape index (κ2) is 7.85. The SMILES string of the molecule is CCOC(=O)C1=C(Cn2ccc(C(F)(F)F)n2)NC(=O)N[C@H]1c1ccc2c(c1)OCO2. The van der Waals surface area contributed by atoms with Crippen molar-refractivity contribution in [3.63, 3.8) is 0 Å². The van der Waals surface area contributed by atoms with Crippen LogP contribution in [0.4, 0.5) is 18.0 Å². The van der Waals surface area contributed by atoms with Crippen LogP contribution in [-0.2, 0) is 22.3 Å². The quantitative estimate of drug-likeness (QED) is 0.696. The zero-order valence-corrected chi connectivity index (χ0v) is 16.2. The van der Waals surface area contributed by atoms with Gasteiger partial charge in [0.15, 0.2) is 17.2 Å². The number of carbonyl (C=O) groups excluding carboxylic acids is 2. The van der Waals surface area contributed by atoms with E-state index in [1.807, 2.05) is 0 Å². The number of alkyl halides is 3. The molecule has 0 spiro atoms. The molecule has 0 saturated carbocycles. The number of urea groups is 1. The van der Waals surface area contributed by atoms with Crippen LogP contribution in [0.25, 0.3) is 0 Å². The number of carbonyl (C=O) groups is 2. The molecule has 31 heavy (non-hydrogen) atoms. The summed E-state index contributed by atoms with van der Waals surface area (Å²) >= 11 is 0. The van der Waals surface area contributed by atoms with Gasteiger partial charge in [0, 0.05) is 6.20 Å². The summed E-state index contributed by atoms with van der Waals surface area (Å²) in [6, 6.07) is 4.16. The minimum atomic E-state index is -4.62. The highest BCUT2D eigenvalue weighted by molar-refractivity contribution is 5.95. The number of amides is 2. The van der Waals surface area contributed by atoms with Gasteiger partial charge in [0.25, 0.3) is 0 Å². The Bertz CT molecular complexity index is 1060. The molecule has 2 aliphatic rings. The molecule has 3 heterocycles. The van der Waals surface area contributed by atoms with Gasteiger partial charge in [0.2, 0.25) is 6.79 Å². The maximum absolute atomic E-state index is 12.9. The Balaban J connectivity index is 1.74. The average Bonchev–Trinajstić information content (AvgIpc) is 3.36. The van der Waals surface area contributed by atoms with Crippen molar-refractivity contribution in [2.24, 2.45) is 0 Å². The van der Waals surface area contributed by atoms with Crippen molar-refractivity contribution in [2.45, 2.75) is 25.7 Å². The van der Waals surface area contributed by atoms with E-state index in [4.69, 9.17) is 14.2 Å². The maximum Gasteiger partial charge on any atom is 0.435 e. The van der Waals surface area contributed by atoms with Crippen LogP contribution in [-0.4, -0.2) is 35.2 Å². The Morgan fingerprint density at radius 3 is 2.77 bits per heavy atom. The zero-order chi connectivity index (χ0) is 22.2. The first-order chi connectivity index (χ1) is 14.8. The largest absolute Gasteiger partial charge is 0.463 e. The van der Waals surface area contributed by atoms with Crippen LogP contribution < -0.4 is 20.1 Å². The molecule has 4 rings (SSSR count). The lowest BCUT2D eigenvalue weighted by atomic mass is 9.94. The van der Waals surface area contributed by atoms with Crippen molar-refractivity contribution >= 4 is 12.0 Å². The Morgan fingerprint density at radius 1 is 1.29 bits per heavy atom. The lowest BCUT2D eigenvalue weighted by molar-refractivity contribution is -0.141. The van der Waals surface area contributed by atoms with Crippen molar-refractivity contribution in [1.82, 2.24) is 20.4 Å². The van der Waals surface area contributed by atoms with Crippen LogP contribution in [0.3, 0.4) is 0 Å². The van der Waals surface area contributed by atoms with Gasteiger partial charge in [-0.15, -0.1) is 0 Å². The van der Waals surface area contributed by atoms with Gasteiger partial charge in [-0.25, -0.2) is 9.59 Å². The summed E-state index contributed by atoms with van der Waals surface area (Å²) in [6.45, 7) is 1.45. The van der Waals surface area contributed by atoms with E-state index < -0.39 is 29.9 Å². The van der Waals surface area contributed by atoms with E-state index in [-0.39, 0.29) is 31.2 Å². The number of hydrogen-bond donors (Lipinski definition) is 2. The van der Waals surface area contributed by atoms with Crippen molar-refractivity contribution < 1.29 is 37.0 Å². The lowest BCUT2D eigenvalue weighted by Crippen LogP contribution is -2.46. The molecule has 0 aliphatic carbocycles. The predicted octanol–water partition coefficient (Wildman–Crippen LogP) is 2.50. The van der Waals surface area contributed by atoms with Crippen LogP contribution in [0.15, 0.2) is 41.7 Å². The molecule has 164 valence electrons. The summed E-state index contributed by atoms with van der Waals surface area (Å²) in [5, 5.41) is 8.61. The number of hydrogen-bond acceptors (Lipinski definition) is 6. The number of rotatable bonds is 5. The van der Waals surface area contributed by atoms with E-state index in [0.29, 0.717) is 17.1 Å². The summed E-state index contributed by atoms with van der Waals surface area (Å²) in [5.74, 6) is 0.231. The fraction of sp³-hybridized carbons (Fsp3) is 0.316. The molecule has 2 N–H and O–H groups in total. The highest BCUT2D eigenvalue weighted by atomic mass is 19.4. The average molecular weight is 438 g/mol. The highest BCUT2D eigenvalue weighted by Crippen LogP contribution is 2.37. The number of aromatic nitrogens is 2. The Morgan fingerprint density at radius 2 is 2.06 bits per heavy atom. The summed E-state index contributed by atoms with van der Waals surface area (Å²) < 4.78 is 55.4. The third-order valence-corrected chi connectivity index (χ3v) is 4.63. The van der Waals surface area contributed by atoms with Gasteiger partial charge in [-0.3, -0.25) is 4.68 Å². The topological polar surface area (TPSA) is 104 Å². The molecule has 2 aromatic rings. The van der Waals surface area contributed by atoms with E-state index in [1.54, 1.807) is 25.1 Å². The zero-order valence-electron chi connectivity index (χ0n) is 16.2. The second-order valence-electron chi connectivity index (χ2n) is 6.65. The first-order valence-corrected chi connectivity index (χ1v) is 9.24. The van der Waals surface area contributed by atoms with E-state index >= 15 is 0 Å². The molecule has 0 radical (unpaired) electrons. The van der Waals surface area contributed by atoms with Gasteiger partial charge in [-0.1, -0.05) is 6.07 Å². The van der Waals surface area contributed by atoms with Crippen molar-refractivity contribution in [3.05, 3.63) is 53.0 Å². The van der Waals surface area contributed by atoms with Crippen LogP contribution >= 0.6 is 0 Å². The minimum Gasteiger partial charge on any atom is -0.463 e. The molecule has 1 atom stereocenters. The van der Waals surface area contributed by atoms with Gasteiger partial charge in [-0.05, 0) is 30.7 Å². The molecule has 1 aromatic heterocycles. The number of nitrogens with zero attached hydrogens (tertiary/aromatic N) is 2. The van der Waals surface area contributed by atoms with Crippen LogP contribution in [0.5, 0.6) is 11.5 Å². The molecule has 12 heteroatoms. The fourth-order valence-corrected chi connectivity index (χ4v) is 3.30. The first kappa shape index (κ1) is 20.6. The monoisotopic (exact) mass is 438 g/mol. The third-order valence-electron chi connectivity index (χ3n) is 4.63. The van der Waals surface area contributed by atoms with Gasteiger partial charge in [0.1, 0.15) is 0 Å². The summed E-state index contributed by atoms with van der Waals surface area (Å²) in [4.78, 5) is 25.0. The smallest absolute Gasteiger partial charge is 0.435 e. The molecule has 9 nitrogen and oxygen atoms in total. The number of ether oxygens (including phenoxy) is 3. The Hall–Kier alpha value is -3.70. The first-order valence-electron chi connectivity index (χ1n) is 9.24. The third kappa shape index (κ3) is 4.13. The van der Waals surface area contributed by atoms with Gasteiger partial charge >= 0.3 is 18.2 Å². The standard InChI is InChI=1S/C19H17F3N4O5/c1-2-29-17(27)15-11(8-26-6-5-14(25-26)19(20,21)22)23-18(28)24-16(15)10-3-4-12-13(7-10)31-9-30-12/h3-7,16H,2,8-9H2,1H3,(H2,23,24,28)/t16-/m0/s1. The highest BCUT2D eigenvalue weighted by Gasteiger charge is 2.36. The summed E-state index contributed by atoms with van der Waals surface area (Å²) in [7, 11) is 0. The number of allylic oxidation sites excluding steroid dienone is 1. The number of benzene rings is 1. The predicted molar refractivity (Wildman–Crippen MR) is 97.9 cm³/mol. The molecule has 0 unspecified atom stereocenters. The molecule has 0 bridgehead atoms. The van der Waals surface area contributed by atoms with Crippen molar-refractivity contribution in [2.75, 3.05) is 13.4 Å². The van der Waals surface area contributed by atoms with Crippen LogP contribution in [0, 0.1) is 0 Å². The van der Waals surface area contributed by atoms with E-state index in [2.05, 4.69) is 15.7 Å². The molecule has 2 amide bonds. The van der Waals surface area contributed by atoms with Crippen LogP contribution in [0.1, 0.15) is 24.2 Å². The molecule has 1 aromatic carbocycles. The maximum atomic E-state index is 12.9. The molecular weight excluding hydrogens is 421 g/mol. The fourth-order valence-electron chi connectivity index (χ4n) is 3.30. The number of fused-ring (bicyclic) bond motifs is 1. The second-order valence-corrected chi connectivity index (χ2v) is 6.65. The Labute approximate surface area is 173 Å². The Kier molecular flexibility index (Phi) is 5.21. The van der Waals surface area contributed by atoms with Gasteiger partial charge in [0.05, 0.1) is 30.5 Å². The van der Waals surface area contributed by atoms with Crippen molar-refractivity contribution in [3.8, 4) is 11.5 Å². The minimum absolute atomic E-state index is 0.0457. The molecule has 2 aliphatic heterocycles. The lowest BCUT2D eigenvalue weighted by Gasteiger charge is -2.29. The van der Waals surface area contributed by atoms with Crippen molar-refractivity contribution in [1.29, 1.82) is 0 Å². The number of halogens is 3. The van der Waals surface area contributed by atoms with Gasteiger partial charge < -0.3 is 24.8 Å². The number of nitrogens with one attached hydrogen (secondary N) is 2. The van der Waals surface area contributed by atoms with E-state index in [0.717, 1.165) is 16.9 Å². The molecular formula is C19H17F3N4O5. The normalized spacial score (nSPS) is 17.9. The van der Waals surface area contributed by atoms with Crippen LogP contribution in [0.2, 0.25) is 0 Å². The van der Waals surface area contributed by atoms with E-state index in [9.17, 15) is 22.8 Å².